The summed E-state index contributed by atoms with van der Waals surface area (Å²) in [7, 11) is -3.84. The van der Waals surface area contributed by atoms with E-state index in [1.807, 2.05) is 30.3 Å². The average Bonchev–Trinajstić information content (AvgIpc) is 2.97. The summed E-state index contributed by atoms with van der Waals surface area (Å²) in [6.45, 7) is 5.51. The summed E-state index contributed by atoms with van der Waals surface area (Å²) in [5, 5.41) is 4.44. The summed E-state index contributed by atoms with van der Waals surface area (Å²) in [5.41, 5.74) is 2.80. The largest absolute Gasteiger partial charge is 0.462 e. The van der Waals surface area contributed by atoms with Gasteiger partial charge in [0.1, 0.15) is 0 Å². The van der Waals surface area contributed by atoms with E-state index in [1.165, 1.54) is 24.3 Å². The molecular formula is C20H21N3O4S. The molecule has 1 heterocycles. The predicted octanol–water partition coefficient (Wildman–Crippen LogP) is 3.47. The van der Waals surface area contributed by atoms with E-state index in [9.17, 15) is 13.2 Å². The van der Waals surface area contributed by atoms with E-state index in [0.29, 0.717) is 22.6 Å². The Kier molecular flexibility index (Phi) is 5.51. The maximum Gasteiger partial charge on any atom is 0.338 e. The molecule has 0 saturated heterocycles. The van der Waals surface area contributed by atoms with Crippen molar-refractivity contribution in [1.82, 2.24) is 9.78 Å². The third kappa shape index (κ3) is 3.91. The first kappa shape index (κ1) is 19.6. The molecule has 0 spiro atoms. The Morgan fingerprint density at radius 2 is 1.71 bits per heavy atom. The van der Waals surface area contributed by atoms with E-state index >= 15 is 0 Å². The highest BCUT2D eigenvalue weighted by Gasteiger charge is 2.21. The first-order valence-corrected chi connectivity index (χ1v) is 10.2. The molecule has 3 rings (SSSR count). The lowest BCUT2D eigenvalue weighted by Gasteiger charge is -2.10. The molecule has 1 aromatic heterocycles. The van der Waals surface area contributed by atoms with Gasteiger partial charge in [-0.25, -0.2) is 17.9 Å². The minimum absolute atomic E-state index is 0.0480. The van der Waals surface area contributed by atoms with E-state index in [2.05, 4.69) is 9.82 Å². The van der Waals surface area contributed by atoms with Gasteiger partial charge < -0.3 is 4.74 Å². The van der Waals surface area contributed by atoms with Crippen LogP contribution in [0.25, 0.3) is 5.69 Å². The molecule has 0 bridgehead atoms. The number of ether oxygens (including phenoxy) is 1. The number of aryl methyl sites for hydroxylation is 1. The van der Waals surface area contributed by atoms with Gasteiger partial charge in [-0.15, -0.1) is 0 Å². The molecule has 28 heavy (non-hydrogen) atoms. The summed E-state index contributed by atoms with van der Waals surface area (Å²) in [6.07, 6.45) is 0. The normalized spacial score (nSPS) is 11.2. The number of nitrogens with zero attached hydrogens (tertiary/aromatic N) is 2. The van der Waals surface area contributed by atoms with Crippen molar-refractivity contribution < 1.29 is 17.9 Å². The van der Waals surface area contributed by atoms with Gasteiger partial charge in [-0.1, -0.05) is 18.2 Å². The number of hydrogen-bond donors (Lipinski definition) is 1. The van der Waals surface area contributed by atoms with Gasteiger partial charge in [-0.2, -0.15) is 5.10 Å². The van der Waals surface area contributed by atoms with Crippen molar-refractivity contribution in [3.8, 4) is 5.69 Å². The quantitative estimate of drug-likeness (QED) is 0.641. The highest BCUT2D eigenvalue weighted by Crippen LogP contribution is 2.25. The molecule has 0 aliphatic carbocycles. The standard InChI is InChI=1S/C20H21N3O4S/c1-4-27-20(24)16-10-12-18(13-11-16)28(25,26)22-19-14(2)21-23(15(19)3)17-8-6-5-7-9-17/h5-13,22H,4H2,1-3H3. The van der Waals surface area contributed by atoms with Crippen LogP contribution in [-0.4, -0.2) is 30.8 Å². The average molecular weight is 399 g/mol. The summed E-state index contributed by atoms with van der Waals surface area (Å²) in [5.74, 6) is -0.491. The van der Waals surface area contributed by atoms with Crippen molar-refractivity contribution in [2.75, 3.05) is 11.3 Å². The SMILES string of the molecule is CCOC(=O)c1ccc(S(=O)(=O)Nc2c(C)nn(-c3ccccc3)c2C)cc1. The molecule has 146 valence electrons. The lowest BCUT2D eigenvalue weighted by molar-refractivity contribution is 0.0526. The smallest absolute Gasteiger partial charge is 0.338 e. The fourth-order valence-electron chi connectivity index (χ4n) is 2.79. The lowest BCUT2D eigenvalue weighted by Crippen LogP contribution is -2.14. The van der Waals surface area contributed by atoms with Crippen LogP contribution in [-0.2, 0) is 14.8 Å². The number of sulfonamides is 1. The highest BCUT2D eigenvalue weighted by molar-refractivity contribution is 7.92. The fourth-order valence-corrected chi connectivity index (χ4v) is 3.97. The number of carbonyl (C=O) groups excluding carboxylic acids is 1. The second-order valence-corrected chi connectivity index (χ2v) is 7.83. The molecule has 7 nitrogen and oxygen atoms in total. The van der Waals surface area contributed by atoms with Gasteiger partial charge >= 0.3 is 5.97 Å². The number of benzene rings is 2. The highest BCUT2D eigenvalue weighted by atomic mass is 32.2. The molecule has 1 N–H and O–H groups in total. The number of anilines is 1. The minimum Gasteiger partial charge on any atom is -0.462 e. The first-order valence-electron chi connectivity index (χ1n) is 8.75. The number of esters is 1. The molecule has 0 aliphatic rings. The number of hydrogen-bond acceptors (Lipinski definition) is 5. The maximum atomic E-state index is 12.8. The molecule has 8 heteroatoms. The zero-order chi connectivity index (χ0) is 20.3. The lowest BCUT2D eigenvalue weighted by atomic mass is 10.2. The van der Waals surface area contributed by atoms with Crippen LogP contribution >= 0.6 is 0 Å². The van der Waals surface area contributed by atoms with Gasteiger partial charge in [-0.3, -0.25) is 4.72 Å². The van der Waals surface area contributed by atoms with Crippen molar-refractivity contribution in [3.05, 3.63) is 71.5 Å². The first-order chi connectivity index (χ1) is 13.3. The van der Waals surface area contributed by atoms with E-state index in [0.717, 1.165) is 5.69 Å². The minimum atomic E-state index is -3.84. The zero-order valence-corrected chi connectivity index (χ0v) is 16.7. The summed E-state index contributed by atoms with van der Waals surface area (Å²) >= 11 is 0. The molecule has 0 unspecified atom stereocenters. The Hall–Kier alpha value is -3.13. The summed E-state index contributed by atoms with van der Waals surface area (Å²) in [4.78, 5) is 11.8. The van der Waals surface area contributed by atoms with Crippen molar-refractivity contribution >= 4 is 21.7 Å². The number of para-hydroxylation sites is 1. The Balaban J connectivity index is 1.89. The molecule has 0 amide bonds. The molecule has 0 radical (unpaired) electrons. The van der Waals surface area contributed by atoms with Crippen LogP contribution in [0.4, 0.5) is 5.69 Å². The van der Waals surface area contributed by atoms with Crippen molar-refractivity contribution in [2.24, 2.45) is 0 Å². The summed E-state index contributed by atoms with van der Waals surface area (Å²) < 4.78 is 34.8. The van der Waals surface area contributed by atoms with Crippen LogP contribution in [0.15, 0.2) is 59.5 Å². The van der Waals surface area contributed by atoms with Crippen molar-refractivity contribution in [3.63, 3.8) is 0 Å². The van der Waals surface area contributed by atoms with Crippen LogP contribution in [0, 0.1) is 13.8 Å². The second-order valence-electron chi connectivity index (χ2n) is 6.14. The van der Waals surface area contributed by atoms with Gasteiger partial charge in [0.25, 0.3) is 10.0 Å². The Morgan fingerprint density at radius 1 is 1.07 bits per heavy atom. The number of carbonyl (C=O) groups is 1. The van der Waals surface area contributed by atoms with Gasteiger partial charge in [0, 0.05) is 0 Å². The van der Waals surface area contributed by atoms with Crippen LogP contribution in [0.2, 0.25) is 0 Å². The van der Waals surface area contributed by atoms with E-state index in [-0.39, 0.29) is 11.5 Å². The van der Waals surface area contributed by atoms with Gasteiger partial charge in [0.05, 0.1) is 39.8 Å². The Labute approximate surface area is 164 Å². The van der Waals surface area contributed by atoms with Gasteiger partial charge in [0.2, 0.25) is 0 Å². The Bertz CT molecular complexity index is 1090. The van der Waals surface area contributed by atoms with Crippen LogP contribution in [0.3, 0.4) is 0 Å². The van der Waals surface area contributed by atoms with Crippen molar-refractivity contribution in [2.45, 2.75) is 25.7 Å². The number of nitrogens with one attached hydrogen (secondary N) is 1. The third-order valence-electron chi connectivity index (χ3n) is 4.20. The summed E-state index contributed by atoms with van der Waals surface area (Å²) in [6, 6.07) is 15.1. The Morgan fingerprint density at radius 3 is 2.32 bits per heavy atom. The third-order valence-corrected chi connectivity index (χ3v) is 5.57. The second kappa shape index (κ2) is 7.85. The molecular weight excluding hydrogens is 378 g/mol. The topological polar surface area (TPSA) is 90.3 Å². The van der Waals surface area contributed by atoms with Crippen molar-refractivity contribution in [1.29, 1.82) is 0 Å². The van der Waals surface area contributed by atoms with Crippen LogP contribution < -0.4 is 4.72 Å². The number of rotatable bonds is 6. The van der Waals surface area contributed by atoms with Crippen LogP contribution in [0.1, 0.15) is 28.7 Å². The molecule has 3 aromatic rings. The molecule has 2 aromatic carbocycles. The van der Waals surface area contributed by atoms with E-state index < -0.39 is 16.0 Å². The van der Waals surface area contributed by atoms with E-state index in [1.54, 1.807) is 25.5 Å². The predicted molar refractivity (Wildman–Crippen MR) is 106 cm³/mol. The molecule has 0 fully saturated rings. The molecule has 0 saturated carbocycles. The number of aromatic nitrogens is 2. The molecule has 0 aliphatic heterocycles. The monoisotopic (exact) mass is 399 g/mol. The molecule has 0 atom stereocenters. The van der Waals surface area contributed by atoms with Gasteiger partial charge in [-0.05, 0) is 57.2 Å². The van der Waals surface area contributed by atoms with Crippen LogP contribution in [0.5, 0.6) is 0 Å². The zero-order valence-electron chi connectivity index (χ0n) is 15.8. The fraction of sp³-hybridized carbons (Fsp3) is 0.200. The maximum absolute atomic E-state index is 12.8. The van der Waals surface area contributed by atoms with Gasteiger partial charge in [0.15, 0.2) is 0 Å². The van der Waals surface area contributed by atoms with E-state index in [4.69, 9.17) is 4.74 Å².